The lowest BCUT2D eigenvalue weighted by Gasteiger charge is -2.18. The van der Waals surface area contributed by atoms with Gasteiger partial charge in [-0.05, 0) is 17.6 Å². The predicted octanol–water partition coefficient (Wildman–Crippen LogP) is 4.95. The summed E-state index contributed by atoms with van der Waals surface area (Å²) in [7, 11) is 0. The fourth-order valence-corrected chi connectivity index (χ4v) is 2.19. The van der Waals surface area contributed by atoms with Crippen molar-refractivity contribution in [3.05, 3.63) is 46.8 Å². The van der Waals surface area contributed by atoms with E-state index in [1.165, 1.54) is 0 Å². The summed E-state index contributed by atoms with van der Waals surface area (Å²) in [6.07, 6.45) is 1.68. The molecule has 0 saturated heterocycles. The van der Waals surface area contributed by atoms with E-state index in [4.69, 9.17) is 23.2 Å². The molecule has 1 nitrogen and oxygen atoms in total. The molecule has 2 unspecified atom stereocenters. The summed E-state index contributed by atoms with van der Waals surface area (Å²) in [6, 6.07) is 0.885. The lowest BCUT2D eigenvalue weighted by Crippen LogP contribution is -2.11. The monoisotopic (exact) mass is 307 g/mol. The zero-order valence-electron chi connectivity index (χ0n) is 9.88. The van der Waals surface area contributed by atoms with Gasteiger partial charge in [-0.1, -0.05) is 36.8 Å². The first-order valence-corrected chi connectivity index (χ1v) is 6.37. The van der Waals surface area contributed by atoms with Crippen LogP contribution >= 0.6 is 23.2 Å². The Morgan fingerprint density at radius 3 is 2.53 bits per heavy atom. The van der Waals surface area contributed by atoms with Gasteiger partial charge in [-0.15, -0.1) is 11.6 Å². The fraction of sp³-hybridized carbons (Fsp3) is 0.308. The third kappa shape index (κ3) is 3.12. The fourth-order valence-electron chi connectivity index (χ4n) is 1.76. The Morgan fingerprint density at radius 1 is 1.32 bits per heavy atom. The van der Waals surface area contributed by atoms with E-state index in [9.17, 15) is 13.2 Å². The van der Waals surface area contributed by atoms with Gasteiger partial charge in [0.15, 0.2) is 0 Å². The Balaban J connectivity index is 2.38. The van der Waals surface area contributed by atoms with Crippen molar-refractivity contribution in [3.8, 4) is 0 Å². The molecule has 0 aromatic carbocycles. The lowest BCUT2D eigenvalue weighted by atomic mass is 9.95. The number of hydrogen-bond donors (Lipinski definition) is 0. The van der Waals surface area contributed by atoms with Crippen molar-refractivity contribution in [1.29, 1.82) is 0 Å². The molecule has 0 bridgehead atoms. The summed E-state index contributed by atoms with van der Waals surface area (Å²) in [5.41, 5.74) is 0.161. The van der Waals surface area contributed by atoms with Crippen molar-refractivity contribution < 1.29 is 13.2 Å². The number of halogens is 5. The van der Waals surface area contributed by atoms with Gasteiger partial charge >= 0.3 is 6.18 Å². The number of allylic oxidation sites excluding steroid dienone is 4. The average molecular weight is 308 g/mol. The maximum Gasteiger partial charge on any atom is 0.417 e. The molecule has 102 valence electrons. The molecule has 0 saturated carbocycles. The van der Waals surface area contributed by atoms with E-state index in [1.807, 2.05) is 13.0 Å². The molecule has 1 aliphatic rings. The second-order valence-corrected chi connectivity index (χ2v) is 5.25. The predicted molar refractivity (Wildman–Crippen MR) is 70.2 cm³/mol. The quantitative estimate of drug-likeness (QED) is 0.669. The largest absolute Gasteiger partial charge is 0.417 e. The van der Waals surface area contributed by atoms with Crippen LogP contribution in [0.1, 0.15) is 18.2 Å². The van der Waals surface area contributed by atoms with Crippen LogP contribution in [0.2, 0.25) is 5.02 Å². The van der Waals surface area contributed by atoms with Crippen molar-refractivity contribution in [1.82, 2.24) is 4.98 Å². The van der Waals surface area contributed by atoms with E-state index in [2.05, 4.69) is 4.98 Å². The first kappa shape index (κ1) is 14.4. The van der Waals surface area contributed by atoms with Crippen molar-refractivity contribution in [2.45, 2.75) is 18.5 Å². The summed E-state index contributed by atoms with van der Waals surface area (Å²) < 4.78 is 37.5. The van der Waals surface area contributed by atoms with Crippen molar-refractivity contribution >= 4 is 28.8 Å². The molecule has 0 amide bonds. The first-order valence-electron chi connectivity index (χ1n) is 5.56. The summed E-state index contributed by atoms with van der Waals surface area (Å²) in [5, 5.41) is -0.150. The second-order valence-electron chi connectivity index (χ2n) is 4.34. The van der Waals surface area contributed by atoms with Crippen LogP contribution in [0, 0.1) is 5.92 Å². The zero-order chi connectivity index (χ0) is 14.2. The van der Waals surface area contributed by atoms with Crippen LogP contribution < -0.4 is 0 Å². The standard InChI is InChI=1S/C13H10Cl2F3N/c1-7-4-8(2-3-10(7)14)12-11(15)5-9(6-19-12)13(16,17)18/h2-7,10H,1H3. The Labute approximate surface area is 118 Å². The molecule has 1 aromatic rings. The SMILES string of the molecule is CC1C=C(c2ncc(C(F)(F)F)cc2Cl)C=CC1Cl. The third-order valence-electron chi connectivity index (χ3n) is 2.85. The average Bonchev–Trinajstić information content (AvgIpc) is 2.31. The van der Waals surface area contributed by atoms with E-state index >= 15 is 0 Å². The minimum atomic E-state index is -4.44. The van der Waals surface area contributed by atoms with E-state index in [0.29, 0.717) is 11.3 Å². The van der Waals surface area contributed by atoms with Gasteiger partial charge < -0.3 is 0 Å². The number of aromatic nitrogens is 1. The normalized spacial score (nSPS) is 23.4. The molecular formula is C13H10Cl2F3N. The maximum atomic E-state index is 12.5. The molecule has 19 heavy (non-hydrogen) atoms. The van der Waals surface area contributed by atoms with Gasteiger partial charge in [0, 0.05) is 6.20 Å². The van der Waals surface area contributed by atoms with Gasteiger partial charge in [-0.3, -0.25) is 4.98 Å². The molecule has 2 atom stereocenters. The highest BCUT2D eigenvalue weighted by Gasteiger charge is 2.31. The molecule has 1 aromatic heterocycles. The van der Waals surface area contributed by atoms with Gasteiger partial charge in [-0.2, -0.15) is 13.2 Å². The molecule has 0 N–H and O–H groups in total. The number of pyridine rings is 1. The van der Waals surface area contributed by atoms with E-state index in [1.54, 1.807) is 12.2 Å². The highest BCUT2D eigenvalue weighted by atomic mass is 35.5. The molecule has 0 aliphatic heterocycles. The molecule has 0 radical (unpaired) electrons. The third-order valence-corrected chi connectivity index (χ3v) is 3.68. The van der Waals surface area contributed by atoms with Gasteiger partial charge in [0.05, 0.1) is 21.7 Å². The van der Waals surface area contributed by atoms with Crippen molar-refractivity contribution in [2.24, 2.45) is 5.92 Å². The summed E-state index contributed by atoms with van der Waals surface area (Å²) in [4.78, 5) is 3.81. The van der Waals surface area contributed by atoms with Crippen LogP contribution in [0.25, 0.3) is 5.57 Å². The summed E-state index contributed by atoms with van der Waals surface area (Å²) in [5.74, 6) is 0.0711. The molecule has 0 spiro atoms. The minimum Gasteiger partial charge on any atom is -0.254 e. The second kappa shape index (κ2) is 5.17. The van der Waals surface area contributed by atoms with Crippen LogP contribution in [0.5, 0.6) is 0 Å². The van der Waals surface area contributed by atoms with Crippen LogP contribution in [-0.4, -0.2) is 10.4 Å². The highest BCUT2D eigenvalue weighted by Crippen LogP contribution is 2.34. The number of rotatable bonds is 1. The molecular weight excluding hydrogens is 298 g/mol. The van der Waals surface area contributed by atoms with Gasteiger partial charge in [0.2, 0.25) is 0 Å². The summed E-state index contributed by atoms with van der Waals surface area (Å²) >= 11 is 11.9. The van der Waals surface area contributed by atoms with Crippen LogP contribution in [0.4, 0.5) is 13.2 Å². The molecule has 1 heterocycles. The Morgan fingerprint density at radius 2 is 2.00 bits per heavy atom. The van der Waals surface area contributed by atoms with Crippen LogP contribution in [0.3, 0.4) is 0 Å². The number of alkyl halides is 4. The zero-order valence-corrected chi connectivity index (χ0v) is 11.4. The maximum absolute atomic E-state index is 12.5. The van der Waals surface area contributed by atoms with Gasteiger partial charge in [0.1, 0.15) is 0 Å². The highest BCUT2D eigenvalue weighted by molar-refractivity contribution is 6.32. The van der Waals surface area contributed by atoms with E-state index < -0.39 is 11.7 Å². The summed E-state index contributed by atoms with van der Waals surface area (Å²) in [6.45, 7) is 1.92. The van der Waals surface area contributed by atoms with Gasteiger partial charge in [0.25, 0.3) is 0 Å². The van der Waals surface area contributed by atoms with Crippen molar-refractivity contribution in [2.75, 3.05) is 0 Å². The molecule has 1 aliphatic carbocycles. The van der Waals surface area contributed by atoms with Crippen LogP contribution in [0.15, 0.2) is 30.5 Å². The smallest absolute Gasteiger partial charge is 0.254 e. The molecule has 2 rings (SSSR count). The lowest BCUT2D eigenvalue weighted by molar-refractivity contribution is -0.137. The van der Waals surface area contributed by atoms with E-state index in [0.717, 1.165) is 12.3 Å². The van der Waals surface area contributed by atoms with E-state index in [-0.39, 0.29) is 16.3 Å². The minimum absolute atomic E-state index is 0.0223. The number of hydrogen-bond acceptors (Lipinski definition) is 1. The van der Waals surface area contributed by atoms with Crippen LogP contribution in [-0.2, 0) is 6.18 Å². The molecule has 0 fully saturated rings. The molecule has 6 heteroatoms. The number of nitrogens with zero attached hydrogens (tertiary/aromatic N) is 1. The first-order chi connectivity index (χ1) is 8.79. The Kier molecular flexibility index (Phi) is 3.92. The Bertz CT molecular complexity index is 549. The topological polar surface area (TPSA) is 12.9 Å². The van der Waals surface area contributed by atoms with Crippen molar-refractivity contribution in [3.63, 3.8) is 0 Å². The Hall–Kier alpha value is -1.00. The van der Waals surface area contributed by atoms with Gasteiger partial charge in [-0.25, -0.2) is 0 Å².